The topological polar surface area (TPSA) is 43.2 Å². The highest BCUT2D eigenvalue weighted by molar-refractivity contribution is 8.12. The van der Waals surface area contributed by atoms with Gasteiger partial charge in [0, 0.05) is 11.9 Å². The molecule has 0 aliphatic carbocycles. The summed E-state index contributed by atoms with van der Waals surface area (Å²) < 4.78 is 0. The average molecular weight is 103 g/mol. The average Bonchev–Trinajstić information content (AvgIpc) is 1.86. The third-order valence-corrected chi connectivity index (χ3v) is 1.01. The minimum absolute atomic E-state index is 0.0926. The zero-order valence-corrected chi connectivity index (χ0v) is 3.79. The van der Waals surface area contributed by atoms with Crippen molar-refractivity contribution in [1.82, 2.24) is 10.3 Å². The minimum Gasteiger partial charge on any atom is -0.284 e. The molecule has 0 saturated carbocycles. The van der Waals surface area contributed by atoms with Crippen LogP contribution >= 0.6 is 11.9 Å². The Balaban J connectivity index is 2.37. The number of carbonyl (C=O) groups is 1. The summed E-state index contributed by atoms with van der Waals surface area (Å²) in [5.41, 5.74) is 3.53. The van der Waals surface area contributed by atoms with Crippen LogP contribution in [-0.4, -0.2) is 11.7 Å². The van der Waals surface area contributed by atoms with Crippen LogP contribution in [0.2, 0.25) is 0 Å². The Labute approximate surface area is 39.6 Å². The second-order valence-electron chi connectivity index (χ2n) is 0.882. The van der Waals surface area contributed by atoms with Crippen molar-refractivity contribution in [2.24, 2.45) is 0 Å². The Hall–Kier alpha value is -0.0600. The summed E-state index contributed by atoms with van der Waals surface area (Å²) >= 11 is 1.04. The lowest BCUT2D eigenvalue weighted by Crippen LogP contribution is -2.07. The molecular formula is C2H3N2OS. The van der Waals surface area contributed by atoms with Gasteiger partial charge in [-0.1, -0.05) is 0 Å². The molecular weight excluding hydrogens is 100 g/mol. The predicted molar refractivity (Wildman–Crippen MR) is 22.7 cm³/mol. The SMILES string of the molecule is O=C1C[N]NS1. The van der Waals surface area contributed by atoms with E-state index in [9.17, 15) is 4.79 Å². The number of rotatable bonds is 0. The summed E-state index contributed by atoms with van der Waals surface area (Å²) in [5, 5.41) is 0.0926. The van der Waals surface area contributed by atoms with Gasteiger partial charge in [0.2, 0.25) is 5.12 Å². The molecule has 0 unspecified atom stereocenters. The van der Waals surface area contributed by atoms with Crippen LogP contribution in [-0.2, 0) is 4.79 Å². The Morgan fingerprint density at radius 1 is 2.00 bits per heavy atom. The van der Waals surface area contributed by atoms with Crippen LogP contribution < -0.4 is 10.3 Å². The van der Waals surface area contributed by atoms with E-state index in [1.54, 1.807) is 0 Å². The van der Waals surface area contributed by atoms with Crippen molar-refractivity contribution in [2.45, 2.75) is 0 Å². The van der Waals surface area contributed by atoms with Crippen LogP contribution in [0.1, 0.15) is 0 Å². The molecule has 0 atom stereocenters. The lowest BCUT2D eigenvalue weighted by Gasteiger charge is -1.73. The standard InChI is InChI=1S/C2H3N2OS/c5-2-1-3-4-6-2/h4H,1H2. The highest BCUT2D eigenvalue weighted by Gasteiger charge is 2.08. The van der Waals surface area contributed by atoms with E-state index in [2.05, 4.69) is 10.3 Å². The molecule has 1 rings (SSSR count). The van der Waals surface area contributed by atoms with Gasteiger partial charge in [-0.25, -0.2) is 0 Å². The molecule has 0 aromatic carbocycles. The maximum Gasteiger partial charge on any atom is 0.222 e. The maximum absolute atomic E-state index is 10.0. The fraction of sp³-hybridized carbons (Fsp3) is 0.500. The van der Waals surface area contributed by atoms with Crippen LogP contribution in [0.15, 0.2) is 0 Å². The van der Waals surface area contributed by atoms with Gasteiger partial charge in [-0.3, -0.25) is 4.79 Å². The second kappa shape index (κ2) is 1.59. The quantitative estimate of drug-likeness (QED) is 0.411. The monoisotopic (exact) mass is 103 g/mol. The van der Waals surface area contributed by atoms with Crippen molar-refractivity contribution in [3.8, 4) is 0 Å². The van der Waals surface area contributed by atoms with Gasteiger partial charge < -0.3 is 0 Å². The Bertz CT molecular complexity index is 65.9. The lowest BCUT2D eigenvalue weighted by molar-refractivity contribution is -0.109. The molecule has 0 bridgehead atoms. The summed E-state index contributed by atoms with van der Waals surface area (Å²) in [4.78, 5) is 12.5. The Morgan fingerprint density at radius 2 is 2.83 bits per heavy atom. The molecule has 1 radical (unpaired) electrons. The number of hydrogen-bond acceptors (Lipinski definition) is 3. The third-order valence-electron chi connectivity index (χ3n) is 0.432. The zero-order chi connectivity index (χ0) is 4.41. The summed E-state index contributed by atoms with van der Waals surface area (Å²) in [6.07, 6.45) is 0. The molecule has 0 aromatic heterocycles. The first kappa shape index (κ1) is 4.11. The van der Waals surface area contributed by atoms with Crippen molar-refractivity contribution in [3.63, 3.8) is 0 Å². The molecule has 1 aliphatic heterocycles. The molecule has 1 N–H and O–H groups in total. The fourth-order valence-electron chi connectivity index (χ4n) is 0.212. The van der Waals surface area contributed by atoms with E-state index in [0.29, 0.717) is 6.54 Å². The molecule has 0 spiro atoms. The highest BCUT2D eigenvalue weighted by Crippen LogP contribution is 1.97. The zero-order valence-electron chi connectivity index (χ0n) is 2.97. The van der Waals surface area contributed by atoms with Gasteiger partial charge in [0.1, 0.15) is 6.54 Å². The van der Waals surface area contributed by atoms with E-state index in [4.69, 9.17) is 0 Å². The van der Waals surface area contributed by atoms with E-state index in [-0.39, 0.29) is 5.12 Å². The molecule has 6 heavy (non-hydrogen) atoms. The maximum atomic E-state index is 10.0. The van der Waals surface area contributed by atoms with Crippen LogP contribution in [0.25, 0.3) is 0 Å². The number of carbonyl (C=O) groups excluding carboxylic acids is 1. The molecule has 0 amide bonds. The van der Waals surface area contributed by atoms with Gasteiger partial charge in [-0.05, 0) is 0 Å². The molecule has 3 nitrogen and oxygen atoms in total. The summed E-state index contributed by atoms with van der Waals surface area (Å²) in [5.74, 6) is 0. The highest BCUT2D eigenvalue weighted by atomic mass is 32.2. The van der Waals surface area contributed by atoms with E-state index in [1.807, 2.05) is 0 Å². The molecule has 1 aliphatic rings. The van der Waals surface area contributed by atoms with Crippen LogP contribution in [0.3, 0.4) is 0 Å². The summed E-state index contributed by atoms with van der Waals surface area (Å²) in [6, 6.07) is 0. The molecule has 0 aromatic rings. The minimum atomic E-state index is 0.0926. The Morgan fingerprint density at radius 3 is 3.00 bits per heavy atom. The first-order chi connectivity index (χ1) is 2.89. The Kier molecular flexibility index (Phi) is 1.09. The van der Waals surface area contributed by atoms with Crippen molar-refractivity contribution in [1.29, 1.82) is 0 Å². The van der Waals surface area contributed by atoms with Crippen molar-refractivity contribution in [2.75, 3.05) is 6.54 Å². The smallest absolute Gasteiger partial charge is 0.222 e. The first-order valence-corrected chi connectivity index (χ1v) is 2.32. The predicted octanol–water partition coefficient (Wildman–Crippen LogP) is -0.716. The van der Waals surface area contributed by atoms with Gasteiger partial charge >= 0.3 is 0 Å². The van der Waals surface area contributed by atoms with Crippen molar-refractivity contribution >= 4 is 17.1 Å². The van der Waals surface area contributed by atoms with Crippen LogP contribution in [0.4, 0.5) is 0 Å². The molecule has 1 fully saturated rings. The summed E-state index contributed by atoms with van der Waals surface area (Å²) in [7, 11) is 0. The number of nitrogens with one attached hydrogen (secondary N) is 1. The van der Waals surface area contributed by atoms with Gasteiger partial charge in [-0.2, -0.15) is 4.83 Å². The molecule has 4 heteroatoms. The summed E-state index contributed by atoms with van der Waals surface area (Å²) in [6.45, 7) is 0.324. The van der Waals surface area contributed by atoms with Gasteiger partial charge in [0.15, 0.2) is 0 Å². The largest absolute Gasteiger partial charge is 0.284 e. The van der Waals surface area contributed by atoms with Crippen molar-refractivity contribution < 1.29 is 4.79 Å². The van der Waals surface area contributed by atoms with E-state index < -0.39 is 0 Å². The number of hydrogen-bond donors (Lipinski definition) is 1. The van der Waals surface area contributed by atoms with E-state index in [0.717, 1.165) is 11.9 Å². The molecule has 1 heterocycles. The third kappa shape index (κ3) is 0.707. The second-order valence-corrected chi connectivity index (χ2v) is 1.72. The van der Waals surface area contributed by atoms with Crippen LogP contribution in [0, 0.1) is 0 Å². The normalized spacial score (nSPS) is 22.3. The molecule has 1 saturated heterocycles. The van der Waals surface area contributed by atoms with Gasteiger partial charge in [0.25, 0.3) is 0 Å². The fourth-order valence-corrected chi connectivity index (χ4v) is 0.572. The van der Waals surface area contributed by atoms with Crippen LogP contribution in [0.5, 0.6) is 0 Å². The lowest BCUT2D eigenvalue weighted by atomic mass is 10.8. The number of nitrogens with zero attached hydrogens (tertiary/aromatic N) is 1. The van der Waals surface area contributed by atoms with Crippen molar-refractivity contribution in [3.05, 3.63) is 0 Å². The van der Waals surface area contributed by atoms with Gasteiger partial charge in [0.05, 0.1) is 0 Å². The first-order valence-electron chi connectivity index (χ1n) is 1.51. The molecule has 33 valence electrons. The van der Waals surface area contributed by atoms with Gasteiger partial charge in [-0.15, -0.1) is 5.43 Å². The van der Waals surface area contributed by atoms with E-state index >= 15 is 0 Å². The van der Waals surface area contributed by atoms with E-state index in [1.165, 1.54) is 0 Å².